The summed E-state index contributed by atoms with van der Waals surface area (Å²) in [5.74, 6) is 3.60. The zero-order chi connectivity index (χ0) is 51.5. The molecule has 6 aromatic rings. The first-order chi connectivity index (χ1) is 35.0. The number of thiophene rings is 1. The van der Waals surface area contributed by atoms with Gasteiger partial charge in [0, 0.05) is 90.7 Å². The number of aliphatic hydroxyl groups is 1. The topological polar surface area (TPSA) is 91.5 Å². The molecule has 3 atom stereocenters. The molecule has 2 saturated heterocycles. The number of methoxy groups -OCH3 is 1. The minimum absolute atomic E-state index is 0.0293. The van der Waals surface area contributed by atoms with Gasteiger partial charge in [-0.25, -0.2) is 4.39 Å². The van der Waals surface area contributed by atoms with E-state index in [1.165, 1.54) is 32.8 Å². The number of anilines is 2. The summed E-state index contributed by atoms with van der Waals surface area (Å²) in [6.45, 7) is 28.3. The fraction of sp³-hybridized carbons (Fsp3) is 0.483. The van der Waals surface area contributed by atoms with Gasteiger partial charge in [-0.1, -0.05) is 77.9 Å². The van der Waals surface area contributed by atoms with Crippen LogP contribution >= 0.6 is 11.3 Å². The number of rotatable bonds is 13. The second kappa shape index (κ2) is 20.4. The molecule has 3 aliphatic heterocycles. The molecule has 0 radical (unpaired) electrons. The number of β-amino-alcohol motifs (C(OH)–C–C–N with tert-alkyl or cyclic N) is 1. The number of aromatic nitrogens is 3. The van der Waals surface area contributed by atoms with Crippen LogP contribution in [-0.2, 0) is 6.42 Å². The van der Waals surface area contributed by atoms with Crippen molar-refractivity contribution in [3.63, 3.8) is 0 Å². The third-order valence-corrected chi connectivity index (χ3v) is 24.4. The van der Waals surface area contributed by atoms with Gasteiger partial charge in [-0.2, -0.15) is 0 Å². The number of piperazine rings is 1. The first kappa shape index (κ1) is 51.2. The van der Waals surface area contributed by atoms with E-state index >= 15 is 0 Å². The van der Waals surface area contributed by atoms with Crippen molar-refractivity contribution in [3.05, 3.63) is 146 Å². The highest BCUT2D eigenvalue weighted by atomic mass is 32.1. The summed E-state index contributed by atoms with van der Waals surface area (Å²) >= 11 is 1.79. The highest BCUT2D eigenvalue weighted by Crippen LogP contribution is 2.51. The average Bonchev–Trinajstić information content (AvgIpc) is 3.87. The molecule has 4 aliphatic rings. The Hall–Kier alpha value is -5.34. The van der Waals surface area contributed by atoms with Crippen LogP contribution in [0.1, 0.15) is 141 Å². The smallest absolute Gasteiger partial charge is 0.258 e. The Morgan fingerprint density at radius 1 is 0.781 bits per heavy atom. The third kappa shape index (κ3) is 9.57. The number of aryl methyl sites for hydroxylation is 3. The zero-order valence-electron chi connectivity index (χ0n) is 45.0. The maximum absolute atomic E-state index is 14.3. The molecule has 0 spiro atoms. The molecule has 5 heterocycles. The van der Waals surface area contributed by atoms with E-state index < -0.39 is 13.9 Å². The van der Waals surface area contributed by atoms with Crippen molar-refractivity contribution < 1.29 is 18.7 Å². The molecule has 2 aromatic heterocycles. The van der Waals surface area contributed by atoms with Gasteiger partial charge in [0.25, 0.3) is 8.32 Å². The lowest BCUT2D eigenvalue weighted by atomic mass is 9.69. The van der Waals surface area contributed by atoms with Crippen molar-refractivity contribution in [2.24, 2.45) is 4.99 Å². The van der Waals surface area contributed by atoms with Crippen LogP contribution in [-0.4, -0.2) is 97.3 Å². The van der Waals surface area contributed by atoms with Crippen LogP contribution in [0, 0.1) is 26.6 Å². The van der Waals surface area contributed by atoms with E-state index in [4.69, 9.17) is 14.2 Å². The summed E-state index contributed by atoms with van der Waals surface area (Å²) in [6, 6.07) is 29.5. The highest BCUT2D eigenvalue weighted by Gasteiger charge is 2.47. The van der Waals surface area contributed by atoms with Crippen LogP contribution in [0.3, 0.4) is 0 Å². The Bertz CT molecular complexity index is 2950. The van der Waals surface area contributed by atoms with Crippen LogP contribution in [0.4, 0.5) is 15.8 Å². The number of nitrogens with zero attached hydrogens (tertiary/aromatic N) is 7. The standard InChI is InChI=1S/C60H76FN7O3SSi/c1-37(2)73(38(3)4,39(5)6)71-50-22-25-52-46(34-50)16-23-51(44-12-17-47(61)18-13-44)56(52)53-24-21-49(35-54(53)70-11)67-32-30-65(31-33-67)36-60(69)26-28-66(29-27-60)48-19-14-45(15-20-48)57-55-40(7)42(9)72-59(55)68-43(10)63-64-58(68)41(8)62-57/h12-15,17-22,24-25,34-35,37-39,41,51,56,69H,16,23,26-33,36H2,1-11H3/t41-,51+,56-/m0/s1. The number of halogens is 1. The quantitative estimate of drug-likeness (QED) is 0.114. The predicted molar refractivity (Wildman–Crippen MR) is 299 cm³/mol. The second-order valence-corrected chi connectivity index (χ2v) is 29.0. The third-order valence-electron chi connectivity index (χ3n) is 17.2. The van der Waals surface area contributed by atoms with Crippen LogP contribution in [0.15, 0.2) is 89.9 Å². The first-order valence-electron chi connectivity index (χ1n) is 26.9. The lowest BCUT2D eigenvalue weighted by molar-refractivity contribution is -0.0173. The van der Waals surface area contributed by atoms with E-state index in [9.17, 15) is 9.50 Å². The molecule has 13 heteroatoms. The monoisotopic (exact) mass is 1020 g/mol. The minimum atomic E-state index is -2.14. The van der Waals surface area contributed by atoms with E-state index in [0.29, 0.717) is 23.2 Å². The van der Waals surface area contributed by atoms with Crippen LogP contribution in [0.5, 0.6) is 11.5 Å². The molecule has 2 fully saturated rings. The van der Waals surface area contributed by atoms with Crippen molar-refractivity contribution in [2.75, 3.05) is 62.7 Å². The number of aliphatic imine (C=N–C) groups is 1. The number of fused-ring (bicyclic) bond motifs is 4. The normalized spacial score (nSPS) is 20.2. The summed E-state index contributed by atoms with van der Waals surface area (Å²) < 4.78 is 30.0. The number of ether oxygens (including phenoxy) is 1. The number of piperidine rings is 1. The molecule has 10 rings (SSSR count). The van der Waals surface area contributed by atoms with Crippen molar-refractivity contribution in [3.8, 4) is 16.5 Å². The van der Waals surface area contributed by atoms with Gasteiger partial charge in [-0.15, -0.1) is 21.5 Å². The van der Waals surface area contributed by atoms with Crippen LogP contribution in [0.25, 0.3) is 5.00 Å². The van der Waals surface area contributed by atoms with E-state index in [1.807, 2.05) is 19.1 Å². The molecule has 386 valence electrons. The summed E-state index contributed by atoms with van der Waals surface area (Å²) in [7, 11) is -0.357. The second-order valence-electron chi connectivity index (χ2n) is 22.5. The van der Waals surface area contributed by atoms with Gasteiger partial charge in [0.05, 0.1) is 18.4 Å². The van der Waals surface area contributed by atoms with Crippen LogP contribution < -0.4 is 19.0 Å². The summed E-state index contributed by atoms with van der Waals surface area (Å²) in [6.07, 6.45) is 3.32. The molecular formula is C60H76FN7O3SSi. The van der Waals surface area contributed by atoms with Gasteiger partial charge in [-0.3, -0.25) is 14.5 Å². The van der Waals surface area contributed by atoms with Gasteiger partial charge in [-0.05, 0) is 141 Å². The van der Waals surface area contributed by atoms with Crippen LogP contribution in [0.2, 0.25) is 16.6 Å². The van der Waals surface area contributed by atoms with E-state index in [1.54, 1.807) is 30.6 Å². The molecule has 4 aromatic carbocycles. The van der Waals surface area contributed by atoms with Gasteiger partial charge in [0.1, 0.15) is 34.2 Å². The SMILES string of the molecule is COc1cc(N2CCN(CC3(O)CCN(c4ccc(C5=N[C@@H](C)c6nnc(C)n6-c6sc(C)c(C)c65)cc4)CC3)CC2)ccc1[C@@H]1c2ccc(O[Si](C(C)C)(C(C)C)C(C)C)cc2CC[C@@H]1c1ccc(F)cc1. The first-order valence-corrected chi connectivity index (χ1v) is 29.8. The Morgan fingerprint density at radius 2 is 1.42 bits per heavy atom. The number of hydrogen-bond acceptors (Lipinski definition) is 10. The fourth-order valence-electron chi connectivity index (χ4n) is 13.3. The summed E-state index contributed by atoms with van der Waals surface area (Å²) in [5.41, 5.74) is 12.5. The zero-order valence-corrected chi connectivity index (χ0v) is 46.8. The van der Waals surface area contributed by atoms with Crippen molar-refractivity contribution in [1.82, 2.24) is 19.7 Å². The van der Waals surface area contributed by atoms with Gasteiger partial charge in [0.2, 0.25) is 0 Å². The van der Waals surface area contributed by atoms with E-state index in [0.717, 1.165) is 121 Å². The Morgan fingerprint density at radius 3 is 2.08 bits per heavy atom. The minimum Gasteiger partial charge on any atom is -0.543 e. The molecular weight excluding hydrogens is 946 g/mol. The largest absolute Gasteiger partial charge is 0.543 e. The molecule has 0 bridgehead atoms. The molecule has 0 unspecified atom stereocenters. The maximum Gasteiger partial charge on any atom is 0.258 e. The van der Waals surface area contributed by atoms with Crippen molar-refractivity contribution >= 4 is 36.7 Å². The molecule has 73 heavy (non-hydrogen) atoms. The van der Waals surface area contributed by atoms with Crippen molar-refractivity contribution in [2.45, 2.75) is 135 Å². The number of hydrogen-bond donors (Lipinski definition) is 1. The Kier molecular flexibility index (Phi) is 14.3. The molecule has 0 saturated carbocycles. The number of benzene rings is 4. The predicted octanol–water partition coefficient (Wildman–Crippen LogP) is 12.9. The Labute approximate surface area is 438 Å². The molecule has 1 N–H and O–H groups in total. The Balaban J connectivity index is 0.799. The highest BCUT2D eigenvalue weighted by molar-refractivity contribution is 7.15. The average molecular weight is 1020 g/mol. The maximum atomic E-state index is 14.3. The molecule has 10 nitrogen and oxygen atoms in total. The van der Waals surface area contributed by atoms with Gasteiger partial charge >= 0.3 is 0 Å². The lowest BCUT2D eigenvalue weighted by Crippen LogP contribution is -2.55. The van der Waals surface area contributed by atoms with Gasteiger partial charge in [0.15, 0.2) is 5.82 Å². The van der Waals surface area contributed by atoms with Crippen molar-refractivity contribution in [1.29, 1.82) is 0 Å². The van der Waals surface area contributed by atoms with Gasteiger partial charge < -0.3 is 24.1 Å². The molecule has 1 aliphatic carbocycles. The van der Waals surface area contributed by atoms with E-state index in [2.05, 4.69) is 152 Å². The fourth-order valence-corrected chi connectivity index (χ4v) is 19.7. The van der Waals surface area contributed by atoms with E-state index in [-0.39, 0.29) is 23.7 Å². The lowest BCUT2D eigenvalue weighted by Gasteiger charge is -2.44. The summed E-state index contributed by atoms with van der Waals surface area (Å²) in [4.78, 5) is 13.9. The summed E-state index contributed by atoms with van der Waals surface area (Å²) in [5, 5.41) is 22.1. The molecule has 0 amide bonds.